The van der Waals surface area contributed by atoms with E-state index in [0.29, 0.717) is 30.9 Å². The number of carbonyl (C=O) groups excluding carboxylic acids is 2. The van der Waals surface area contributed by atoms with Gasteiger partial charge in [0.2, 0.25) is 11.8 Å². The van der Waals surface area contributed by atoms with Crippen molar-refractivity contribution in [3.63, 3.8) is 0 Å². The van der Waals surface area contributed by atoms with Gasteiger partial charge in [0.15, 0.2) is 5.65 Å². The van der Waals surface area contributed by atoms with Crippen LogP contribution in [0.4, 0.5) is 5.69 Å². The minimum atomic E-state index is -0.376. The molecule has 42 heavy (non-hydrogen) atoms. The zero-order valence-corrected chi connectivity index (χ0v) is 25.3. The molecule has 0 saturated carbocycles. The van der Waals surface area contributed by atoms with E-state index in [0.717, 1.165) is 43.3 Å². The van der Waals surface area contributed by atoms with Crippen molar-refractivity contribution in [1.82, 2.24) is 29.0 Å². The third-order valence-electron chi connectivity index (χ3n) is 7.14. The van der Waals surface area contributed by atoms with E-state index in [4.69, 9.17) is 9.72 Å². The number of nitrogens with one attached hydrogen (secondary N) is 1. The molecule has 3 aromatic heterocycles. The number of aryl methyl sites for hydroxylation is 1. The maximum absolute atomic E-state index is 13.4. The zero-order chi connectivity index (χ0) is 30.3. The molecule has 11 heteroatoms. The Labute approximate surface area is 247 Å². The van der Waals surface area contributed by atoms with Crippen molar-refractivity contribution < 1.29 is 14.3 Å². The number of imidazole rings is 1. The van der Waals surface area contributed by atoms with Gasteiger partial charge in [-0.3, -0.25) is 19.0 Å². The van der Waals surface area contributed by atoms with Gasteiger partial charge in [-0.1, -0.05) is 26.8 Å². The van der Waals surface area contributed by atoms with Gasteiger partial charge in [0.05, 0.1) is 18.7 Å². The molecule has 0 aliphatic carbocycles. The summed E-state index contributed by atoms with van der Waals surface area (Å²) in [5.41, 5.74) is 2.32. The van der Waals surface area contributed by atoms with Crippen LogP contribution in [0, 0.1) is 11.8 Å². The second-order valence-electron chi connectivity index (χ2n) is 12.0. The first-order valence-electron chi connectivity index (χ1n) is 14.6. The first-order chi connectivity index (χ1) is 20.0. The molecule has 3 aromatic rings. The third kappa shape index (κ3) is 8.12. The van der Waals surface area contributed by atoms with E-state index in [9.17, 15) is 14.4 Å². The van der Waals surface area contributed by atoms with Crippen LogP contribution in [-0.2, 0) is 27.3 Å². The maximum atomic E-state index is 13.4. The molecule has 1 aliphatic rings. The van der Waals surface area contributed by atoms with E-state index in [2.05, 4.69) is 36.1 Å². The first kappa shape index (κ1) is 31.1. The molecular weight excluding hydrogens is 534 g/mol. The minimum Gasteiger partial charge on any atom is -0.358 e. The molecular formula is C31H42N7O4. The standard InChI is InChI=1S/C31H42N7O4/c1-31(2,3)17-16-22-28-29(33-21-32-22)38(27-15-9-10-19-42-27)24(35-28)20-37-18-11-12-23(30(37)41)34-25(39)13-7-6-8-14-26(40)36(4)5/h8,11-14,18,21,27H,6-7,9-10,15-17,19-20H2,1-5H3,(H,34,39)/b14-8+. The van der Waals surface area contributed by atoms with E-state index < -0.39 is 0 Å². The molecule has 1 atom stereocenters. The number of pyridine rings is 1. The molecule has 4 heterocycles. The van der Waals surface area contributed by atoms with Gasteiger partial charge < -0.3 is 19.5 Å². The van der Waals surface area contributed by atoms with Crippen molar-refractivity contribution in [2.24, 2.45) is 5.41 Å². The number of unbranched alkanes of at least 4 members (excludes halogenated alkanes) is 1. The summed E-state index contributed by atoms with van der Waals surface area (Å²) in [6, 6.07) is 3.31. The summed E-state index contributed by atoms with van der Waals surface area (Å²) < 4.78 is 9.68. The Bertz CT molecular complexity index is 1480. The van der Waals surface area contributed by atoms with Gasteiger partial charge in [0, 0.05) is 26.9 Å². The average molecular weight is 577 g/mol. The summed E-state index contributed by atoms with van der Waals surface area (Å²) in [5.74, 6) is 0.172. The molecule has 0 aromatic carbocycles. The van der Waals surface area contributed by atoms with Gasteiger partial charge in [-0.05, 0) is 68.6 Å². The Morgan fingerprint density at radius 2 is 2.00 bits per heavy atom. The Morgan fingerprint density at radius 3 is 2.71 bits per heavy atom. The fourth-order valence-corrected chi connectivity index (χ4v) is 4.75. The molecule has 1 N–H and O–H groups in total. The van der Waals surface area contributed by atoms with Crippen molar-refractivity contribution in [3.05, 3.63) is 65.1 Å². The van der Waals surface area contributed by atoms with Gasteiger partial charge in [-0.15, -0.1) is 0 Å². The molecule has 1 unspecified atom stereocenters. The van der Waals surface area contributed by atoms with Crippen LogP contribution in [0.1, 0.15) is 77.0 Å². The largest absolute Gasteiger partial charge is 0.358 e. The summed E-state index contributed by atoms with van der Waals surface area (Å²) in [4.78, 5) is 53.1. The van der Waals surface area contributed by atoms with Gasteiger partial charge in [-0.25, -0.2) is 15.0 Å². The normalized spacial score (nSPS) is 15.8. The van der Waals surface area contributed by atoms with Crippen LogP contribution in [0.15, 0.2) is 41.6 Å². The van der Waals surface area contributed by atoms with Gasteiger partial charge in [0.25, 0.3) is 5.56 Å². The number of hydrogen-bond acceptors (Lipinski definition) is 7. The molecule has 1 aliphatic heterocycles. The Balaban J connectivity index is 1.54. The van der Waals surface area contributed by atoms with E-state index >= 15 is 0 Å². The number of fused-ring (bicyclic) bond motifs is 1. The summed E-state index contributed by atoms with van der Waals surface area (Å²) in [7, 11) is 3.36. The average Bonchev–Trinajstić information content (AvgIpc) is 3.32. The number of allylic oxidation sites excluding steroid dienone is 1. The third-order valence-corrected chi connectivity index (χ3v) is 7.14. The molecule has 1 saturated heterocycles. The molecule has 2 amide bonds. The number of aromatic nitrogens is 5. The number of hydrogen-bond donors (Lipinski definition) is 1. The second-order valence-corrected chi connectivity index (χ2v) is 12.0. The van der Waals surface area contributed by atoms with Crippen LogP contribution in [-0.4, -0.2) is 61.5 Å². The molecule has 0 spiro atoms. The van der Waals surface area contributed by atoms with E-state index in [1.165, 1.54) is 22.0 Å². The maximum Gasteiger partial charge on any atom is 0.274 e. The number of rotatable bonds is 11. The number of nitrogens with zero attached hydrogens (tertiary/aromatic N) is 6. The zero-order valence-electron chi connectivity index (χ0n) is 25.3. The lowest BCUT2D eigenvalue weighted by molar-refractivity contribution is -0.123. The van der Waals surface area contributed by atoms with Gasteiger partial charge >= 0.3 is 0 Å². The fraction of sp³-hybridized carbons (Fsp3) is 0.516. The van der Waals surface area contributed by atoms with Crippen molar-refractivity contribution in [1.29, 1.82) is 0 Å². The van der Waals surface area contributed by atoms with E-state index in [-0.39, 0.29) is 41.2 Å². The molecule has 1 radical (unpaired) electrons. The molecule has 0 bridgehead atoms. The second kappa shape index (κ2) is 13.9. The highest BCUT2D eigenvalue weighted by Crippen LogP contribution is 2.30. The lowest BCUT2D eigenvalue weighted by Crippen LogP contribution is -2.28. The quantitative estimate of drug-likeness (QED) is 0.267. The number of amides is 2. The molecule has 225 valence electrons. The highest BCUT2D eigenvalue weighted by Gasteiger charge is 2.25. The van der Waals surface area contributed by atoms with Gasteiger partial charge in [-0.2, -0.15) is 0 Å². The minimum absolute atomic E-state index is 0.110. The molecule has 4 rings (SSSR count). The number of anilines is 1. The lowest BCUT2D eigenvalue weighted by Gasteiger charge is -2.25. The van der Waals surface area contributed by atoms with E-state index in [1.807, 2.05) is 4.57 Å². The van der Waals surface area contributed by atoms with Gasteiger partial charge in [0.1, 0.15) is 29.6 Å². The Hall–Kier alpha value is -3.86. The van der Waals surface area contributed by atoms with Crippen LogP contribution >= 0.6 is 0 Å². The summed E-state index contributed by atoms with van der Waals surface area (Å²) in [6.45, 7) is 7.45. The highest BCUT2D eigenvalue weighted by molar-refractivity contribution is 5.96. The predicted molar refractivity (Wildman–Crippen MR) is 162 cm³/mol. The summed E-state index contributed by atoms with van der Waals surface area (Å²) in [5, 5.41) is 2.70. The van der Waals surface area contributed by atoms with Crippen LogP contribution in [0.3, 0.4) is 0 Å². The number of carbonyl (C=O) groups is 2. The summed E-state index contributed by atoms with van der Waals surface area (Å²) >= 11 is 0. The number of ether oxygens (including phenoxy) is 1. The van der Waals surface area contributed by atoms with Crippen molar-refractivity contribution in [2.75, 3.05) is 26.0 Å². The first-order valence-corrected chi connectivity index (χ1v) is 14.6. The van der Waals surface area contributed by atoms with Crippen LogP contribution in [0.25, 0.3) is 11.2 Å². The van der Waals surface area contributed by atoms with Crippen molar-refractivity contribution in [2.45, 2.75) is 78.5 Å². The lowest BCUT2D eigenvalue weighted by atomic mass is 9.90. The highest BCUT2D eigenvalue weighted by atomic mass is 16.5. The smallest absolute Gasteiger partial charge is 0.274 e. The topological polar surface area (TPSA) is 124 Å². The number of likely N-dealkylation sites (N-methyl/N-ethyl adjacent to an activating group) is 1. The van der Waals surface area contributed by atoms with Crippen molar-refractivity contribution in [3.8, 4) is 0 Å². The predicted octanol–water partition coefficient (Wildman–Crippen LogP) is 4.28. The van der Waals surface area contributed by atoms with Crippen LogP contribution in [0.5, 0.6) is 0 Å². The Kier molecular flexibility index (Phi) is 10.3. The van der Waals surface area contributed by atoms with Crippen LogP contribution in [0.2, 0.25) is 0 Å². The molecule has 11 nitrogen and oxygen atoms in total. The van der Waals surface area contributed by atoms with E-state index in [1.54, 1.807) is 44.8 Å². The monoisotopic (exact) mass is 576 g/mol. The van der Waals surface area contributed by atoms with Crippen LogP contribution < -0.4 is 10.9 Å². The summed E-state index contributed by atoms with van der Waals surface area (Å²) in [6.07, 6.45) is 13.3. The fourth-order valence-electron chi connectivity index (χ4n) is 4.75. The van der Waals surface area contributed by atoms with Crippen molar-refractivity contribution >= 4 is 28.7 Å². The Morgan fingerprint density at radius 1 is 1.19 bits per heavy atom. The molecule has 1 fully saturated rings. The SMILES string of the molecule is CN(C)C(=O)/C=C/CC[CH]C(=O)Nc1cccn(Cc2nc3c(CCC(C)(C)C)ncnc3n2C2CCCCO2)c1=O.